The number of pyridine rings is 3. The quantitative estimate of drug-likeness (QED) is 0.412. The minimum atomic E-state index is -0.449. The maximum absolute atomic E-state index is 13.7. The van der Waals surface area contributed by atoms with Gasteiger partial charge in [0.15, 0.2) is 0 Å². The summed E-state index contributed by atoms with van der Waals surface area (Å²) in [5.74, 6) is -0.807. The van der Waals surface area contributed by atoms with Gasteiger partial charge in [-0.1, -0.05) is 12.1 Å². The third-order valence-corrected chi connectivity index (χ3v) is 6.98. The van der Waals surface area contributed by atoms with Gasteiger partial charge in [0.2, 0.25) is 0 Å². The van der Waals surface area contributed by atoms with Crippen molar-refractivity contribution in [2.45, 2.75) is 19.0 Å². The predicted molar refractivity (Wildman–Crippen MR) is 137 cm³/mol. The highest BCUT2D eigenvalue weighted by molar-refractivity contribution is 5.92. The highest BCUT2D eigenvalue weighted by Gasteiger charge is 2.34. The largest absolute Gasteiger partial charge is 0.366 e. The lowest BCUT2D eigenvalue weighted by Gasteiger charge is -2.45. The molecule has 38 heavy (non-hydrogen) atoms. The van der Waals surface area contributed by atoms with E-state index in [1.807, 2.05) is 17.9 Å². The van der Waals surface area contributed by atoms with Gasteiger partial charge in [0.25, 0.3) is 5.56 Å². The molecule has 4 heterocycles. The molecule has 2 atom stereocenters. The first-order valence-electron chi connectivity index (χ1n) is 12.0. The molecule has 3 aromatic heterocycles. The molecule has 1 aliphatic heterocycles. The average Bonchev–Trinajstić information content (AvgIpc) is 2.93. The minimum Gasteiger partial charge on any atom is -0.366 e. The normalized spacial score (nSPS) is 16.7. The summed E-state index contributed by atoms with van der Waals surface area (Å²) in [5.41, 5.74) is 2.50. The van der Waals surface area contributed by atoms with Crippen molar-refractivity contribution in [3.05, 3.63) is 99.2 Å². The first-order chi connectivity index (χ1) is 18.3. The number of halogens is 2. The molecular weight excluding hydrogens is 488 g/mol. The van der Waals surface area contributed by atoms with Crippen LogP contribution in [0.3, 0.4) is 0 Å². The van der Waals surface area contributed by atoms with Gasteiger partial charge in [-0.15, -0.1) is 0 Å². The zero-order chi connectivity index (χ0) is 27.0. The molecule has 0 spiro atoms. The van der Waals surface area contributed by atoms with Crippen LogP contribution in [-0.4, -0.2) is 45.1 Å². The number of aromatic nitrogens is 3. The number of nitriles is 2. The number of anilines is 1. The summed E-state index contributed by atoms with van der Waals surface area (Å²) < 4.78 is 28.7. The molecule has 1 aromatic carbocycles. The lowest BCUT2D eigenvalue weighted by atomic mass is 9.97. The fourth-order valence-corrected chi connectivity index (χ4v) is 5.15. The Kier molecular flexibility index (Phi) is 6.58. The van der Waals surface area contributed by atoms with Gasteiger partial charge < -0.3 is 9.47 Å². The highest BCUT2D eigenvalue weighted by Crippen LogP contribution is 2.34. The molecule has 8 nitrogen and oxygen atoms in total. The van der Waals surface area contributed by atoms with Gasteiger partial charge in [0.05, 0.1) is 29.1 Å². The summed E-state index contributed by atoms with van der Waals surface area (Å²) in [6.07, 6.45) is 1.16. The van der Waals surface area contributed by atoms with Crippen LogP contribution in [0.2, 0.25) is 0 Å². The van der Waals surface area contributed by atoms with E-state index in [4.69, 9.17) is 0 Å². The Morgan fingerprint density at radius 3 is 2.37 bits per heavy atom. The van der Waals surface area contributed by atoms with Crippen molar-refractivity contribution in [2.75, 3.05) is 24.5 Å². The number of rotatable bonds is 4. The summed E-state index contributed by atoms with van der Waals surface area (Å²) in [6, 6.07) is 15.9. The Labute approximate surface area is 217 Å². The molecule has 10 heteroatoms. The molecule has 0 amide bonds. The van der Waals surface area contributed by atoms with Crippen LogP contribution in [0.4, 0.5) is 14.5 Å². The molecule has 0 radical (unpaired) electrons. The average molecular weight is 512 g/mol. The second kappa shape index (κ2) is 10.0. The van der Waals surface area contributed by atoms with E-state index in [0.29, 0.717) is 42.0 Å². The van der Waals surface area contributed by atoms with Gasteiger partial charge in [-0.2, -0.15) is 10.5 Å². The van der Waals surface area contributed by atoms with E-state index >= 15 is 0 Å². The van der Waals surface area contributed by atoms with E-state index in [1.54, 1.807) is 37.4 Å². The van der Waals surface area contributed by atoms with Crippen molar-refractivity contribution in [1.82, 2.24) is 19.4 Å². The summed E-state index contributed by atoms with van der Waals surface area (Å²) in [7, 11) is 1.58. The van der Waals surface area contributed by atoms with Crippen molar-refractivity contribution in [3.63, 3.8) is 0 Å². The zero-order valence-corrected chi connectivity index (χ0v) is 20.8. The van der Waals surface area contributed by atoms with Gasteiger partial charge in [-0.25, -0.2) is 13.8 Å². The van der Waals surface area contributed by atoms with E-state index in [1.165, 1.54) is 22.8 Å². The van der Waals surface area contributed by atoms with Crippen molar-refractivity contribution in [2.24, 2.45) is 7.05 Å². The number of fused-ring (bicyclic) bond motifs is 1. The van der Waals surface area contributed by atoms with E-state index in [0.717, 1.165) is 11.8 Å². The zero-order valence-electron chi connectivity index (χ0n) is 20.8. The number of hydrogen-bond acceptors (Lipinski definition) is 7. The van der Waals surface area contributed by atoms with Crippen LogP contribution in [0.15, 0.2) is 59.5 Å². The van der Waals surface area contributed by atoms with Crippen LogP contribution in [0.1, 0.15) is 35.5 Å². The standard InChI is InChI=1S/C28H23F2N7O/c1-17-16-36(27-22(14-32)28(38)35(2)24-10-8-21(13-31)34-25(24)27)11-12-37(17)26(18-3-5-19(29)6-4-18)23-9-7-20(30)15-33-23/h3-10,15,17,26H,11-12,16H2,1-2H3/t17-,26?/m1/s1. The van der Waals surface area contributed by atoms with Crippen LogP contribution in [-0.2, 0) is 7.05 Å². The second-order valence-electron chi connectivity index (χ2n) is 9.26. The van der Waals surface area contributed by atoms with E-state index in [2.05, 4.69) is 20.9 Å². The van der Waals surface area contributed by atoms with Crippen LogP contribution in [0.25, 0.3) is 11.0 Å². The Hall–Kier alpha value is -4.67. The van der Waals surface area contributed by atoms with Crippen molar-refractivity contribution in [3.8, 4) is 12.1 Å². The third-order valence-electron chi connectivity index (χ3n) is 6.98. The van der Waals surface area contributed by atoms with E-state index in [9.17, 15) is 24.1 Å². The van der Waals surface area contributed by atoms with Crippen LogP contribution < -0.4 is 10.5 Å². The molecule has 0 aliphatic carbocycles. The maximum atomic E-state index is 13.7. The van der Waals surface area contributed by atoms with Crippen molar-refractivity contribution >= 4 is 16.7 Å². The van der Waals surface area contributed by atoms with Crippen molar-refractivity contribution in [1.29, 1.82) is 10.5 Å². The van der Waals surface area contributed by atoms with Crippen LogP contribution in [0, 0.1) is 34.3 Å². The number of piperazine rings is 1. The maximum Gasteiger partial charge on any atom is 0.270 e. The number of nitrogens with zero attached hydrogens (tertiary/aromatic N) is 7. The minimum absolute atomic E-state index is 0.0291. The molecule has 1 saturated heterocycles. The van der Waals surface area contributed by atoms with E-state index in [-0.39, 0.29) is 29.2 Å². The molecule has 0 saturated carbocycles. The second-order valence-corrected chi connectivity index (χ2v) is 9.26. The SMILES string of the molecule is C[C@@H]1CN(c2c(C#N)c(=O)n(C)c3ccc(C#N)nc23)CCN1C(c1ccc(F)cc1)c1ccc(F)cn1. The topological polar surface area (TPSA) is 102 Å². The predicted octanol–water partition coefficient (Wildman–Crippen LogP) is 3.65. The monoisotopic (exact) mass is 511 g/mol. The van der Waals surface area contributed by atoms with Gasteiger partial charge in [-0.05, 0) is 48.9 Å². The molecule has 1 fully saturated rings. The molecule has 1 unspecified atom stereocenters. The van der Waals surface area contributed by atoms with Crippen LogP contribution >= 0.6 is 0 Å². The van der Waals surface area contributed by atoms with Gasteiger partial charge in [-0.3, -0.25) is 14.7 Å². The fraction of sp³-hybridized carbons (Fsp3) is 0.250. The number of hydrogen-bond donors (Lipinski definition) is 0. The van der Waals surface area contributed by atoms with E-state index < -0.39 is 11.4 Å². The molecule has 5 rings (SSSR count). The first kappa shape index (κ1) is 25.0. The Bertz CT molecular complexity index is 1610. The van der Waals surface area contributed by atoms with Gasteiger partial charge in [0.1, 0.15) is 40.5 Å². The van der Waals surface area contributed by atoms with Crippen LogP contribution in [0.5, 0.6) is 0 Å². The summed E-state index contributed by atoms with van der Waals surface area (Å²) in [5, 5.41) is 19.3. The Morgan fingerprint density at radius 1 is 1.00 bits per heavy atom. The lowest BCUT2D eigenvalue weighted by molar-refractivity contribution is 0.147. The molecular formula is C28H23F2N7O. The smallest absolute Gasteiger partial charge is 0.270 e. The Morgan fingerprint density at radius 2 is 1.74 bits per heavy atom. The molecule has 4 aromatic rings. The number of aryl methyl sites for hydroxylation is 1. The van der Waals surface area contributed by atoms with Gasteiger partial charge in [0, 0.05) is 32.7 Å². The summed E-state index contributed by atoms with van der Waals surface area (Å²) >= 11 is 0. The molecule has 1 aliphatic rings. The molecule has 0 N–H and O–H groups in total. The number of benzene rings is 1. The van der Waals surface area contributed by atoms with Gasteiger partial charge >= 0.3 is 0 Å². The first-order valence-corrected chi connectivity index (χ1v) is 12.0. The molecule has 190 valence electrons. The fourth-order valence-electron chi connectivity index (χ4n) is 5.15. The summed E-state index contributed by atoms with van der Waals surface area (Å²) in [6.45, 7) is 3.39. The lowest BCUT2D eigenvalue weighted by Crippen LogP contribution is -2.54. The highest BCUT2D eigenvalue weighted by atomic mass is 19.1. The van der Waals surface area contributed by atoms with Crippen molar-refractivity contribution < 1.29 is 8.78 Å². The third kappa shape index (κ3) is 4.36. The Balaban J connectivity index is 1.56. The summed E-state index contributed by atoms with van der Waals surface area (Å²) in [4.78, 5) is 26.0. The molecule has 0 bridgehead atoms.